The monoisotopic (exact) mass is 439 g/mol. The van der Waals surface area contributed by atoms with Crippen molar-refractivity contribution in [3.63, 3.8) is 0 Å². The molecule has 164 valence electrons. The highest BCUT2D eigenvalue weighted by Crippen LogP contribution is 2.39. The Morgan fingerprint density at radius 3 is 2.68 bits per heavy atom. The van der Waals surface area contributed by atoms with Gasteiger partial charge in [-0.2, -0.15) is 15.0 Å². The van der Waals surface area contributed by atoms with Crippen LogP contribution in [0.15, 0.2) is 34.2 Å². The Kier molecular flexibility index (Phi) is 6.13. The predicted octanol–water partition coefficient (Wildman–Crippen LogP) is 3.52. The molecule has 0 aliphatic heterocycles. The summed E-state index contributed by atoms with van der Waals surface area (Å²) in [6.07, 6.45) is 3.31. The lowest BCUT2D eigenvalue weighted by Crippen LogP contribution is -2.35. The molecule has 8 nitrogen and oxygen atoms in total. The number of benzene rings is 1. The molecule has 0 spiro atoms. The first-order valence-electron chi connectivity index (χ1n) is 10.7. The molecule has 2 N–H and O–H groups in total. The topological polar surface area (TPSA) is 103 Å². The summed E-state index contributed by atoms with van der Waals surface area (Å²) < 4.78 is 1.92. The van der Waals surface area contributed by atoms with E-state index in [4.69, 9.17) is 10.7 Å². The molecule has 3 unspecified atom stereocenters. The summed E-state index contributed by atoms with van der Waals surface area (Å²) in [5.74, 6) is 2.70. The summed E-state index contributed by atoms with van der Waals surface area (Å²) >= 11 is 1.48. The van der Waals surface area contributed by atoms with Crippen molar-refractivity contribution in [2.75, 3.05) is 24.7 Å². The van der Waals surface area contributed by atoms with Crippen LogP contribution in [0.5, 0.6) is 0 Å². The molecule has 31 heavy (non-hydrogen) atoms. The molecule has 2 heterocycles. The van der Waals surface area contributed by atoms with Gasteiger partial charge in [0.2, 0.25) is 11.9 Å². The Morgan fingerprint density at radius 2 is 1.90 bits per heavy atom. The highest BCUT2D eigenvalue weighted by molar-refractivity contribution is 7.98. The molecule has 1 aliphatic rings. The second-order valence-corrected chi connectivity index (χ2v) is 9.46. The average Bonchev–Trinajstić information content (AvgIpc) is 2.74. The van der Waals surface area contributed by atoms with Crippen LogP contribution in [-0.4, -0.2) is 38.6 Å². The fourth-order valence-corrected chi connectivity index (χ4v) is 5.16. The normalized spacial score (nSPS) is 21.4. The molecule has 2 aromatic heterocycles. The SMILES string of the molecule is CC1CCCC(n2c(SCc3nc(N)nc(N(C)C)n3)nc3ccccc3c2=O)C1C. The summed E-state index contributed by atoms with van der Waals surface area (Å²) in [5, 5.41) is 1.37. The Balaban J connectivity index is 1.75. The molecule has 0 amide bonds. The first-order valence-corrected chi connectivity index (χ1v) is 11.7. The number of nitrogen functional groups attached to an aromatic ring is 1. The highest BCUT2D eigenvalue weighted by atomic mass is 32.2. The van der Waals surface area contributed by atoms with Gasteiger partial charge in [0.15, 0.2) is 5.16 Å². The van der Waals surface area contributed by atoms with Crippen molar-refractivity contribution >= 4 is 34.6 Å². The second kappa shape index (κ2) is 8.82. The number of anilines is 2. The van der Waals surface area contributed by atoms with Crippen molar-refractivity contribution in [2.24, 2.45) is 11.8 Å². The van der Waals surface area contributed by atoms with Crippen molar-refractivity contribution in [3.8, 4) is 0 Å². The van der Waals surface area contributed by atoms with E-state index >= 15 is 0 Å². The zero-order valence-electron chi connectivity index (χ0n) is 18.4. The quantitative estimate of drug-likeness (QED) is 0.476. The molecule has 0 radical (unpaired) electrons. The average molecular weight is 440 g/mol. The number of aromatic nitrogens is 5. The number of hydrogen-bond acceptors (Lipinski definition) is 8. The van der Waals surface area contributed by atoms with Gasteiger partial charge in [-0.1, -0.05) is 50.6 Å². The summed E-state index contributed by atoms with van der Waals surface area (Å²) in [4.78, 5) is 33.1. The fraction of sp³-hybridized carbons (Fsp3) is 0.500. The first-order chi connectivity index (χ1) is 14.8. The van der Waals surface area contributed by atoms with E-state index in [2.05, 4.69) is 28.8 Å². The first kappa shape index (κ1) is 21.5. The van der Waals surface area contributed by atoms with E-state index in [0.717, 1.165) is 12.8 Å². The highest BCUT2D eigenvalue weighted by Gasteiger charge is 2.31. The zero-order chi connectivity index (χ0) is 22.1. The lowest BCUT2D eigenvalue weighted by molar-refractivity contribution is 0.173. The predicted molar refractivity (Wildman–Crippen MR) is 125 cm³/mol. The van der Waals surface area contributed by atoms with E-state index in [-0.39, 0.29) is 17.5 Å². The Hall–Kier alpha value is -2.68. The van der Waals surface area contributed by atoms with Gasteiger partial charge < -0.3 is 10.6 Å². The number of para-hydroxylation sites is 1. The third-order valence-electron chi connectivity index (χ3n) is 6.19. The minimum absolute atomic E-state index is 0.0307. The number of rotatable bonds is 5. The van der Waals surface area contributed by atoms with E-state index in [0.29, 0.717) is 45.4 Å². The number of nitrogens with two attached hydrogens (primary N) is 1. The van der Waals surface area contributed by atoms with E-state index < -0.39 is 0 Å². The Labute approximate surface area is 186 Å². The fourth-order valence-electron chi connectivity index (χ4n) is 4.26. The Morgan fingerprint density at radius 1 is 1.13 bits per heavy atom. The minimum Gasteiger partial charge on any atom is -0.368 e. The summed E-state index contributed by atoms with van der Waals surface area (Å²) in [5.41, 5.74) is 6.62. The summed E-state index contributed by atoms with van der Waals surface area (Å²) in [7, 11) is 3.72. The van der Waals surface area contributed by atoms with Gasteiger partial charge in [0.1, 0.15) is 5.82 Å². The number of hydrogen-bond donors (Lipinski definition) is 1. The summed E-state index contributed by atoms with van der Waals surface area (Å²) in [6.45, 7) is 4.53. The zero-order valence-corrected chi connectivity index (χ0v) is 19.3. The lowest BCUT2D eigenvalue weighted by atomic mass is 9.78. The van der Waals surface area contributed by atoms with E-state index in [1.807, 2.05) is 42.9 Å². The molecule has 0 bridgehead atoms. The maximum atomic E-state index is 13.6. The largest absolute Gasteiger partial charge is 0.368 e. The van der Waals surface area contributed by atoms with Gasteiger partial charge >= 0.3 is 0 Å². The molecule has 4 rings (SSSR count). The van der Waals surface area contributed by atoms with Gasteiger partial charge in [0.05, 0.1) is 16.7 Å². The van der Waals surface area contributed by atoms with Crippen LogP contribution in [0, 0.1) is 11.8 Å². The van der Waals surface area contributed by atoms with Crippen molar-refractivity contribution in [3.05, 3.63) is 40.4 Å². The molecule has 1 aromatic carbocycles. The van der Waals surface area contributed by atoms with Crippen molar-refractivity contribution < 1.29 is 0 Å². The lowest BCUT2D eigenvalue weighted by Gasteiger charge is -2.36. The maximum absolute atomic E-state index is 13.6. The van der Waals surface area contributed by atoms with Crippen LogP contribution in [0.1, 0.15) is 45.0 Å². The van der Waals surface area contributed by atoms with Crippen molar-refractivity contribution in [1.29, 1.82) is 0 Å². The van der Waals surface area contributed by atoms with Crippen molar-refractivity contribution in [2.45, 2.75) is 50.1 Å². The minimum atomic E-state index is 0.0307. The van der Waals surface area contributed by atoms with E-state index in [9.17, 15) is 4.79 Å². The summed E-state index contributed by atoms with van der Waals surface area (Å²) in [6, 6.07) is 7.70. The van der Waals surface area contributed by atoms with Gasteiger partial charge in [-0.3, -0.25) is 9.36 Å². The number of thioether (sulfide) groups is 1. The van der Waals surface area contributed by atoms with E-state index in [1.54, 1.807) is 4.90 Å². The van der Waals surface area contributed by atoms with Crippen molar-refractivity contribution in [1.82, 2.24) is 24.5 Å². The van der Waals surface area contributed by atoms with Gasteiger partial charge in [0, 0.05) is 20.1 Å². The van der Waals surface area contributed by atoms with Crippen LogP contribution in [0.4, 0.5) is 11.9 Å². The third-order valence-corrected chi connectivity index (χ3v) is 7.14. The molecule has 3 atom stereocenters. The van der Waals surface area contributed by atoms with Crippen LogP contribution in [0.25, 0.3) is 10.9 Å². The molecule has 1 saturated carbocycles. The van der Waals surface area contributed by atoms with Gasteiger partial charge in [-0.05, 0) is 30.4 Å². The maximum Gasteiger partial charge on any atom is 0.262 e. The van der Waals surface area contributed by atoms with Gasteiger partial charge in [-0.25, -0.2) is 4.98 Å². The standard InChI is InChI=1S/C22H29N7OS/c1-13-8-7-11-17(14(13)2)29-19(30)15-9-5-6-10-16(15)24-22(29)31-12-18-25-20(23)27-21(26-18)28(3)4/h5-6,9-10,13-14,17H,7-8,11-12H2,1-4H3,(H2,23,25,26,27). The third kappa shape index (κ3) is 4.37. The Bertz CT molecular complexity index is 1150. The van der Waals surface area contributed by atoms with Crippen LogP contribution >= 0.6 is 11.8 Å². The van der Waals surface area contributed by atoms with Gasteiger partial charge in [0.25, 0.3) is 5.56 Å². The van der Waals surface area contributed by atoms with Crippen LogP contribution in [0.2, 0.25) is 0 Å². The molecule has 1 fully saturated rings. The van der Waals surface area contributed by atoms with Crippen LogP contribution < -0.4 is 16.2 Å². The molecular weight excluding hydrogens is 410 g/mol. The molecule has 0 saturated heterocycles. The number of fused-ring (bicyclic) bond motifs is 1. The van der Waals surface area contributed by atoms with Gasteiger partial charge in [-0.15, -0.1) is 0 Å². The van der Waals surface area contributed by atoms with Crippen LogP contribution in [-0.2, 0) is 5.75 Å². The van der Waals surface area contributed by atoms with E-state index in [1.165, 1.54) is 18.2 Å². The second-order valence-electron chi connectivity index (χ2n) is 8.51. The smallest absolute Gasteiger partial charge is 0.262 e. The van der Waals surface area contributed by atoms with Crippen LogP contribution in [0.3, 0.4) is 0 Å². The molecule has 9 heteroatoms. The molecule has 1 aliphatic carbocycles. The molecular formula is C22H29N7OS. The molecule has 3 aromatic rings. The number of nitrogens with zero attached hydrogens (tertiary/aromatic N) is 6.